The van der Waals surface area contributed by atoms with Crippen molar-refractivity contribution < 1.29 is 27.5 Å². The zero-order valence-corrected chi connectivity index (χ0v) is 22.3. The third-order valence-corrected chi connectivity index (χ3v) is 7.25. The van der Waals surface area contributed by atoms with E-state index in [9.17, 15) is 22.8 Å². The van der Waals surface area contributed by atoms with E-state index in [1.165, 1.54) is 23.0 Å². The van der Waals surface area contributed by atoms with Gasteiger partial charge >= 0.3 is 6.18 Å². The molecule has 2 amide bonds. The first-order valence-corrected chi connectivity index (χ1v) is 12.9. The van der Waals surface area contributed by atoms with Gasteiger partial charge in [0, 0.05) is 16.6 Å². The van der Waals surface area contributed by atoms with E-state index in [2.05, 4.69) is 15.4 Å². The van der Waals surface area contributed by atoms with Gasteiger partial charge in [-0.05, 0) is 41.5 Å². The second-order valence-electron chi connectivity index (χ2n) is 8.31. The summed E-state index contributed by atoms with van der Waals surface area (Å²) in [6, 6.07) is 15.2. The van der Waals surface area contributed by atoms with E-state index in [4.69, 9.17) is 33.7 Å². The number of anilines is 1. The van der Waals surface area contributed by atoms with Crippen LogP contribution in [-0.2, 0) is 12.9 Å². The molecule has 40 heavy (non-hydrogen) atoms. The molecule has 0 atom stereocenters. The average molecular weight is 606 g/mol. The van der Waals surface area contributed by atoms with E-state index >= 15 is 0 Å². The van der Waals surface area contributed by atoms with Gasteiger partial charge in [0.15, 0.2) is 12.4 Å². The molecule has 0 aliphatic rings. The van der Waals surface area contributed by atoms with Crippen molar-refractivity contribution in [1.29, 1.82) is 0 Å². The van der Waals surface area contributed by atoms with Gasteiger partial charge < -0.3 is 15.8 Å². The normalized spacial score (nSPS) is 11.5. The van der Waals surface area contributed by atoms with Crippen LogP contribution in [0.15, 0.2) is 66.9 Å². The number of aromatic nitrogens is 3. The number of hydrogen-bond acceptors (Lipinski definition) is 6. The molecule has 0 aliphatic heterocycles. The van der Waals surface area contributed by atoms with E-state index in [0.29, 0.717) is 27.7 Å². The Bertz CT molecular complexity index is 1760. The van der Waals surface area contributed by atoms with Crippen LogP contribution in [0, 0.1) is 0 Å². The van der Waals surface area contributed by atoms with Crippen molar-refractivity contribution in [3.63, 3.8) is 0 Å². The number of carbonyl (C=O) groups is 2. The Labute approximate surface area is 238 Å². The highest BCUT2D eigenvalue weighted by atomic mass is 35.5. The number of amides is 2. The van der Waals surface area contributed by atoms with E-state index in [1.807, 2.05) is 0 Å². The molecule has 8 nitrogen and oxygen atoms in total. The average Bonchev–Trinajstić information content (AvgIpc) is 3.53. The van der Waals surface area contributed by atoms with E-state index in [0.717, 1.165) is 6.07 Å². The van der Waals surface area contributed by atoms with Crippen molar-refractivity contribution in [1.82, 2.24) is 14.8 Å². The Morgan fingerprint density at radius 3 is 2.50 bits per heavy atom. The number of fused-ring (bicyclic) bond motifs is 1. The maximum absolute atomic E-state index is 13.7. The van der Waals surface area contributed by atoms with E-state index in [1.54, 1.807) is 42.5 Å². The fraction of sp³-hybridized carbons (Fsp3) is 0.0769. The highest BCUT2D eigenvalue weighted by Crippen LogP contribution is 2.43. The van der Waals surface area contributed by atoms with Crippen LogP contribution in [0.2, 0.25) is 10.0 Å². The third kappa shape index (κ3) is 5.60. The summed E-state index contributed by atoms with van der Waals surface area (Å²) < 4.78 is 47.9. The molecule has 14 heteroatoms. The number of rotatable bonds is 7. The molecule has 5 aromatic rings. The first kappa shape index (κ1) is 27.4. The van der Waals surface area contributed by atoms with Crippen LogP contribution < -0.4 is 15.8 Å². The van der Waals surface area contributed by atoms with Crippen molar-refractivity contribution in [2.45, 2.75) is 12.9 Å². The van der Waals surface area contributed by atoms with Gasteiger partial charge in [-0.2, -0.15) is 18.3 Å². The number of nitrogens with two attached hydrogens (primary N) is 1. The lowest BCUT2D eigenvalue weighted by Crippen LogP contribution is -2.18. The number of nitrogens with one attached hydrogen (secondary N) is 1. The molecule has 2 aromatic carbocycles. The summed E-state index contributed by atoms with van der Waals surface area (Å²) in [7, 11) is 0. The van der Waals surface area contributed by atoms with Crippen LogP contribution in [0.25, 0.3) is 21.3 Å². The van der Waals surface area contributed by atoms with Gasteiger partial charge in [0.1, 0.15) is 21.2 Å². The molecule has 5 rings (SSSR count). The second kappa shape index (κ2) is 10.8. The van der Waals surface area contributed by atoms with Gasteiger partial charge in [-0.1, -0.05) is 53.5 Å². The van der Waals surface area contributed by atoms with Gasteiger partial charge in [0.2, 0.25) is 0 Å². The zero-order chi connectivity index (χ0) is 28.6. The Morgan fingerprint density at radius 1 is 1.07 bits per heavy atom. The lowest BCUT2D eigenvalue weighted by Gasteiger charge is -2.12. The summed E-state index contributed by atoms with van der Waals surface area (Å²) in [5.41, 5.74) is 4.83. The zero-order valence-electron chi connectivity index (χ0n) is 20.0. The Hall–Kier alpha value is -4.13. The van der Waals surface area contributed by atoms with Crippen LogP contribution in [0.3, 0.4) is 0 Å². The summed E-state index contributed by atoms with van der Waals surface area (Å²) in [5, 5.41) is 7.64. The summed E-state index contributed by atoms with van der Waals surface area (Å²) >= 11 is 12.6. The SMILES string of the molecule is NC(=O)c1sc2nc(C(F)(F)F)cc(-c3ccccc3)c2c1NC(=O)c1ccn(COc2ccc(Cl)cc2Cl)n1. The lowest BCUT2D eigenvalue weighted by molar-refractivity contribution is -0.140. The fourth-order valence-electron chi connectivity index (χ4n) is 3.84. The number of ether oxygens (including phenoxy) is 1. The van der Waals surface area contributed by atoms with Crippen LogP contribution in [0.1, 0.15) is 25.9 Å². The molecular weight excluding hydrogens is 590 g/mol. The predicted molar refractivity (Wildman–Crippen MR) is 146 cm³/mol. The molecule has 0 radical (unpaired) electrons. The van der Waals surface area contributed by atoms with Crippen molar-refractivity contribution in [3.8, 4) is 16.9 Å². The topological polar surface area (TPSA) is 112 Å². The number of nitrogens with zero attached hydrogens (tertiary/aromatic N) is 3. The first-order chi connectivity index (χ1) is 19.0. The number of carbonyl (C=O) groups excluding carboxylic acids is 2. The van der Waals surface area contributed by atoms with Crippen molar-refractivity contribution in [2.75, 3.05) is 5.32 Å². The summed E-state index contributed by atoms with van der Waals surface area (Å²) in [6.45, 7) is -0.0924. The number of benzene rings is 2. The smallest absolute Gasteiger partial charge is 0.433 e. The maximum Gasteiger partial charge on any atom is 0.433 e. The van der Waals surface area contributed by atoms with Gasteiger partial charge in [-0.25, -0.2) is 9.67 Å². The Morgan fingerprint density at radius 2 is 1.82 bits per heavy atom. The van der Waals surface area contributed by atoms with Crippen LogP contribution in [0.5, 0.6) is 5.75 Å². The van der Waals surface area contributed by atoms with Crippen molar-refractivity contribution in [3.05, 3.63) is 93.2 Å². The Kier molecular flexibility index (Phi) is 7.41. The summed E-state index contributed by atoms with van der Waals surface area (Å²) in [4.78, 5) is 28.9. The number of primary amides is 1. The van der Waals surface area contributed by atoms with Gasteiger partial charge in [-0.3, -0.25) is 9.59 Å². The maximum atomic E-state index is 13.7. The quantitative estimate of drug-likeness (QED) is 0.210. The molecule has 0 saturated carbocycles. The fourth-order valence-corrected chi connectivity index (χ4v) is 5.31. The molecule has 0 spiro atoms. The highest BCUT2D eigenvalue weighted by molar-refractivity contribution is 7.21. The largest absolute Gasteiger partial charge is 0.470 e. The lowest BCUT2D eigenvalue weighted by atomic mass is 10.0. The third-order valence-electron chi connectivity index (χ3n) is 5.62. The molecule has 3 heterocycles. The van der Waals surface area contributed by atoms with Gasteiger partial charge in [0.05, 0.1) is 10.7 Å². The second-order valence-corrected chi connectivity index (χ2v) is 10.2. The molecule has 0 fully saturated rings. The molecular formula is C26H16Cl2F3N5O3S. The number of halogens is 5. The molecule has 204 valence electrons. The number of pyridine rings is 1. The Balaban J connectivity index is 1.50. The van der Waals surface area contributed by atoms with E-state index in [-0.39, 0.29) is 43.8 Å². The van der Waals surface area contributed by atoms with Crippen molar-refractivity contribution in [2.24, 2.45) is 5.73 Å². The summed E-state index contributed by atoms with van der Waals surface area (Å²) in [6.07, 6.45) is -3.27. The molecule has 3 N–H and O–H groups in total. The predicted octanol–water partition coefficient (Wildman–Crippen LogP) is 6.87. The molecule has 0 bridgehead atoms. The molecule has 3 aromatic heterocycles. The van der Waals surface area contributed by atoms with Crippen LogP contribution in [-0.4, -0.2) is 26.6 Å². The number of hydrogen-bond donors (Lipinski definition) is 2. The standard InChI is InChI=1S/C26H16Cl2F3N5O3S/c27-14-6-7-18(16(28)10-14)39-12-36-9-8-17(35-36)24(38)34-21-20-15(13-4-2-1-3-5-13)11-19(26(29,30)31)33-25(20)40-22(21)23(32)37/h1-11H,12H2,(H2,32,37)(H,34,38). The van der Waals surface area contributed by atoms with Crippen molar-refractivity contribution >= 4 is 62.3 Å². The number of thiophene rings is 1. The minimum atomic E-state index is -4.75. The highest BCUT2D eigenvalue weighted by Gasteiger charge is 2.35. The number of alkyl halides is 3. The molecule has 0 aliphatic carbocycles. The minimum absolute atomic E-state index is 0.0540. The van der Waals surface area contributed by atoms with Gasteiger partial charge in [-0.15, -0.1) is 11.3 Å². The van der Waals surface area contributed by atoms with E-state index < -0.39 is 23.7 Å². The monoisotopic (exact) mass is 605 g/mol. The molecule has 0 unspecified atom stereocenters. The van der Waals surface area contributed by atoms with Crippen LogP contribution >= 0.6 is 34.5 Å². The first-order valence-electron chi connectivity index (χ1n) is 11.3. The van der Waals surface area contributed by atoms with Crippen LogP contribution in [0.4, 0.5) is 18.9 Å². The molecule has 0 saturated heterocycles. The summed E-state index contributed by atoms with van der Waals surface area (Å²) in [5.74, 6) is -1.32. The van der Waals surface area contributed by atoms with Gasteiger partial charge in [0.25, 0.3) is 11.8 Å². The minimum Gasteiger partial charge on any atom is -0.470 e.